The number of hydrogen-bond donors (Lipinski definition) is 1. The van der Waals surface area contributed by atoms with Gasteiger partial charge in [-0.1, -0.05) is 29.3 Å². The van der Waals surface area contributed by atoms with Crippen LogP contribution in [0, 0.1) is 12.8 Å². The van der Waals surface area contributed by atoms with Crippen LogP contribution in [0.2, 0.25) is 10.0 Å². The molecular weight excluding hydrogens is 449 g/mol. The number of halogens is 2. The van der Waals surface area contributed by atoms with Crippen LogP contribution in [0.4, 0.5) is 5.95 Å². The third kappa shape index (κ3) is 4.17. The van der Waals surface area contributed by atoms with Gasteiger partial charge in [-0.2, -0.15) is 0 Å². The second-order valence-corrected chi connectivity index (χ2v) is 9.34. The summed E-state index contributed by atoms with van der Waals surface area (Å²) in [7, 11) is 0. The van der Waals surface area contributed by atoms with Crippen LogP contribution in [-0.4, -0.2) is 52.8 Å². The lowest BCUT2D eigenvalue weighted by atomic mass is 9.95. The molecule has 1 amide bonds. The molecule has 1 aromatic carbocycles. The van der Waals surface area contributed by atoms with Crippen LogP contribution in [-0.2, 0) is 9.53 Å². The highest BCUT2D eigenvalue weighted by molar-refractivity contribution is 6.42. The number of carbonyl (C=O) groups excluding carboxylic acids is 1. The van der Waals surface area contributed by atoms with Gasteiger partial charge in [0.2, 0.25) is 11.9 Å². The number of rotatable bonds is 4. The van der Waals surface area contributed by atoms with E-state index >= 15 is 0 Å². The molecule has 0 aliphatic carbocycles. The molecule has 32 heavy (non-hydrogen) atoms. The van der Waals surface area contributed by atoms with Crippen molar-refractivity contribution >= 4 is 46.1 Å². The Balaban J connectivity index is 1.42. The molecule has 7 nitrogen and oxygen atoms in total. The lowest BCUT2D eigenvalue weighted by Crippen LogP contribution is -2.44. The molecule has 2 aliphatic rings. The Morgan fingerprint density at radius 1 is 1.16 bits per heavy atom. The summed E-state index contributed by atoms with van der Waals surface area (Å²) in [6, 6.07) is 7.77. The van der Waals surface area contributed by atoms with E-state index in [0.717, 1.165) is 67.3 Å². The molecule has 1 atom stereocenters. The van der Waals surface area contributed by atoms with E-state index in [1.807, 2.05) is 35.9 Å². The van der Waals surface area contributed by atoms with Crippen LogP contribution in [0.3, 0.4) is 0 Å². The van der Waals surface area contributed by atoms with Gasteiger partial charge in [-0.3, -0.25) is 9.36 Å². The molecule has 2 saturated heterocycles. The Labute approximate surface area is 196 Å². The number of aromatic nitrogens is 3. The number of fused-ring (bicyclic) bond motifs is 1. The maximum absolute atomic E-state index is 12.7. The molecule has 3 aromatic rings. The number of benzene rings is 1. The molecule has 5 rings (SSSR count). The highest BCUT2D eigenvalue weighted by Gasteiger charge is 2.30. The minimum atomic E-state index is 0.00562. The van der Waals surface area contributed by atoms with Gasteiger partial charge < -0.3 is 15.0 Å². The molecule has 1 unspecified atom stereocenters. The Kier molecular flexibility index (Phi) is 5.97. The van der Waals surface area contributed by atoms with E-state index in [4.69, 9.17) is 32.9 Å². The van der Waals surface area contributed by atoms with E-state index in [-0.39, 0.29) is 17.9 Å². The van der Waals surface area contributed by atoms with Gasteiger partial charge in [0.05, 0.1) is 33.7 Å². The molecule has 0 radical (unpaired) electrons. The molecule has 9 heteroatoms. The van der Waals surface area contributed by atoms with E-state index in [1.54, 1.807) is 6.07 Å². The van der Waals surface area contributed by atoms with Gasteiger partial charge in [0.1, 0.15) is 5.82 Å². The van der Waals surface area contributed by atoms with Crippen molar-refractivity contribution in [2.75, 3.05) is 31.2 Å². The summed E-state index contributed by atoms with van der Waals surface area (Å²) >= 11 is 12.6. The fourth-order valence-electron chi connectivity index (χ4n) is 4.40. The van der Waals surface area contributed by atoms with Crippen molar-refractivity contribution in [3.63, 3.8) is 0 Å². The molecule has 2 aromatic heterocycles. The van der Waals surface area contributed by atoms with Crippen molar-refractivity contribution < 1.29 is 9.53 Å². The van der Waals surface area contributed by atoms with Crippen LogP contribution in [0.1, 0.15) is 24.8 Å². The van der Waals surface area contributed by atoms with Gasteiger partial charge in [-0.05, 0) is 49.9 Å². The minimum Gasteiger partial charge on any atom is -0.379 e. The summed E-state index contributed by atoms with van der Waals surface area (Å²) in [6.45, 7) is 4.81. The number of nitrogens with one attached hydrogen (secondary N) is 1. The second-order valence-electron chi connectivity index (χ2n) is 8.53. The van der Waals surface area contributed by atoms with Gasteiger partial charge in [0.25, 0.3) is 0 Å². The monoisotopic (exact) mass is 473 g/mol. The quantitative estimate of drug-likeness (QED) is 0.615. The van der Waals surface area contributed by atoms with Crippen LogP contribution in [0.15, 0.2) is 30.5 Å². The average molecular weight is 474 g/mol. The first-order valence-electron chi connectivity index (χ1n) is 10.9. The highest BCUT2D eigenvalue weighted by Crippen LogP contribution is 2.34. The number of hydrogen-bond acceptors (Lipinski definition) is 5. The number of piperidine rings is 1. The molecule has 2 aliphatic heterocycles. The van der Waals surface area contributed by atoms with Crippen molar-refractivity contribution in [1.82, 2.24) is 19.9 Å². The smallest absolute Gasteiger partial charge is 0.223 e. The van der Waals surface area contributed by atoms with E-state index in [9.17, 15) is 4.79 Å². The molecule has 0 bridgehead atoms. The normalized spacial score (nSPS) is 19.6. The predicted octanol–water partition coefficient (Wildman–Crippen LogP) is 4.16. The Hall–Kier alpha value is -2.35. The Morgan fingerprint density at radius 2 is 1.94 bits per heavy atom. The van der Waals surface area contributed by atoms with E-state index in [1.165, 1.54) is 0 Å². The van der Waals surface area contributed by atoms with Crippen molar-refractivity contribution in [3.8, 4) is 5.82 Å². The lowest BCUT2D eigenvalue weighted by molar-refractivity contribution is -0.126. The van der Waals surface area contributed by atoms with Gasteiger partial charge in [-0.25, -0.2) is 9.97 Å². The van der Waals surface area contributed by atoms with Gasteiger partial charge >= 0.3 is 0 Å². The third-order valence-corrected chi connectivity index (χ3v) is 6.95. The molecule has 1 N–H and O–H groups in total. The van der Waals surface area contributed by atoms with Crippen LogP contribution in [0.25, 0.3) is 16.9 Å². The average Bonchev–Trinajstić information content (AvgIpc) is 3.43. The second kappa shape index (κ2) is 8.89. The SMILES string of the molecule is Cc1ccc(-n2c(N3CCC(C(=O)NC4CCOC4)CC3)nc3cc(Cl)c(Cl)cc32)nc1. The number of nitrogens with zero attached hydrogens (tertiary/aromatic N) is 4. The molecule has 0 spiro atoms. The summed E-state index contributed by atoms with van der Waals surface area (Å²) in [5.41, 5.74) is 2.70. The summed E-state index contributed by atoms with van der Waals surface area (Å²) in [5.74, 6) is 1.70. The number of anilines is 1. The first-order valence-corrected chi connectivity index (χ1v) is 11.7. The van der Waals surface area contributed by atoms with E-state index < -0.39 is 0 Å². The van der Waals surface area contributed by atoms with Crippen LogP contribution < -0.4 is 10.2 Å². The molecule has 168 valence electrons. The summed E-state index contributed by atoms with van der Waals surface area (Å²) in [4.78, 5) is 24.4. The predicted molar refractivity (Wildman–Crippen MR) is 126 cm³/mol. The summed E-state index contributed by atoms with van der Waals surface area (Å²) in [5, 5.41) is 4.08. The number of imidazole rings is 1. The van der Waals surface area contributed by atoms with Crippen molar-refractivity contribution in [3.05, 3.63) is 46.1 Å². The summed E-state index contributed by atoms with van der Waals surface area (Å²) in [6.07, 6.45) is 4.27. The van der Waals surface area contributed by atoms with Crippen molar-refractivity contribution in [2.45, 2.75) is 32.2 Å². The lowest BCUT2D eigenvalue weighted by Gasteiger charge is -2.32. The van der Waals surface area contributed by atoms with Crippen LogP contribution >= 0.6 is 23.2 Å². The van der Waals surface area contributed by atoms with Gasteiger partial charge in [0.15, 0.2) is 0 Å². The first kappa shape index (κ1) is 21.5. The zero-order chi connectivity index (χ0) is 22.2. The minimum absolute atomic E-state index is 0.00562. The highest BCUT2D eigenvalue weighted by atomic mass is 35.5. The number of ether oxygens (including phenoxy) is 1. The number of amides is 1. The third-order valence-electron chi connectivity index (χ3n) is 6.23. The molecular formula is C23H25Cl2N5O2. The zero-order valence-corrected chi connectivity index (χ0v) is 19.4. The number of aryl methyl sites for hydroxylation is 1. The summed E-state index contributed by atoms with van der Waals surface area (Å²) < 4.78 is 7.39. The maximum Gasteiger partial charge on any atom is 0.223 e. The standard InChI is InChI=1S/C23H25Cl2N5O2/c1-14-2-3-21(26-12-14)30-20-11-18(25)17(24)10-19(20)28-23(30)29-7-4-15(5-8-29)22(31)27-16-6-9-32-13-16/h2-3,10-12,15-16H,4-9,13H2,1H3,(H,27,31). The van der Waals surface area contributed by atoms with Crippen molar-refractivity contribution in [2.24, 2.45) is 5.92 Å². The Morgan fingerprint density at radius 3 is 2.62 bits per heavy atom. The Bertz CT molecular complexity index is 1130. The van der Waals surface area contributed by atoms with E-state index in [0.29, 0.717) is 16.7 Å². The fraction of sp³-hybridized carbons (Fsp3) is 0.435. The fourth-order valence-corrected chi connectivity index (χ4v) is 4.72. The molecule has 0 saturated carbocycles. The largest absolute Gasteiger partial charge is 0.379 e. The number of pyridine rings is 1. The maximum atomic E-state index is 12.7. The number of carbonyl (C=O) groups is 1. The van der Waals surface area contributed by atoms with E-state index in [2.05, 4.69) is 15.2 Å². The topological polar surface area (TPSA) is 72.3 Å². The van der Waals surface area contributed by atoms with Crippen LogP contribution in [0.5, 0.6) is 0 Å². The van der Waals surface area contributed by atoms with Crippen molar-refractivity contribution in [1.29, 1.82) is 0 Å². The van der Waals surface area contributed by atoms with Gasteiger partial charge in [0, 0.05) is 31.8 Å². The molecule has 4 heterocycles. The first-order chi connectivity index (χ1) is 15.5. The van der Waals surface area contributed by atoms with Gasteiger partial charge in [-0.15, -0.1) is 0 Å². The molecule has 2 fully saturated rings. The zero-order valence-electron chi connectivity index (χ0n) is 17.9.